The van der Waals surface area contributed by atoms with E-state index in [1.165, 1.54) is 12.3 Å². The number of nitrogens with zero attached hydrogens (tertiary/aromatic N) is 2. The molecule has 0 saturated carbocycles. The lowest BCUT2D eigenvalue weighted by Crippen LogP contribution is -2.57. The minimum absolute atomic E-state index is 0.272. The van der Waals surface area contributed by atoms with Gasteiger partial charge in [0.05, 0.1) is 6.20 Å². The summed E-state index contributed by atoms with van der Waals surface area (Å²) in [6, 6.07) is 3.21. The molecule has 82 valence electrons. The number of hydrogen-bond acceptors (Lipinski definition) is 2. The largest absolute Gasteiger partial charge is 0.355 e. The van der Waals surface area contributed by atoms with Gasteiger partial charge in [0, 0.05) is 18.5 Å². The Morgan fingerprint density at radius 3 is 2.53 bits per heavy atom. The molecule has 2 heterocycles. The van der Waals surface area contributed by atoms with Crippen LogP contribution in [-0.4, -0.2) is 18.1 Å². The summed E-state index contributed by atoms with van der Waals surface area (Å²) in [5.74, 6) is 1.29. The zero-order valence-corrected chi connectivity index (χ0v) is 9.50. The number of pyridine rings is 1. The monoisotopic (exact) mass is 208 g/mol. The van der Waals surface area contributed by atoms with Gasteiger partial charge in [-0.1, -0.05) is 20.8 Å². The molecule has 0 aliphatic carbocycles. The van der Waals surface area contributed by atoms with Crippen molar-refractivity contribution in [3.05, 3.63) is 24.1 Å². The predicted octanol–water partition coefficient (Wildman–Crippen LogP) is 2.70. The van der Waals surface area contributed by atoms with Crippen molar-refractivity contribution in [2.45, 2.75) is 20.8 Å². The van der Waals surface area contributed by atoms with Crippen LogP contribution in [0.15, 0.2) is 18.3 Å². The van der Waals surface area contributed by atoms with E-state index >= 15 is 0 Å². The molecule has 0 unspecified atom stereocenters. The lowest BCUT2D eigenvalue weighted by molar-refractivity contribution is 0.160. The van der Waals surface area contributed by atoms with Crippen molar-refractivity contribution in [1.82, 2.24) is 4.98 Å². The highest BCUT2D eigenvalue weighted by Gasteiger charge is 2.41. The first-order chi connectivity index (χ1) is 7.01. The van der Waals surface area contributed by atoms with Crippen molar-refractivity contribution >= 4 is 5.82 Å². The molecule has 2 rings (SSSR count). The third kappa shape index (κ3) is 1.83. The Hall–Kier alpha value is -1.12. The number of aromatic nitrogens is 1. The van der Waals surface area contributed by atoms with Gasteiger partial charge in [0.15, 0.2) is 0 Å². The molecule has 1 aromatic rings. The first kappa shape index (κ1) is 10.4. The highest BCUT2D eigenvalue weighted by Crippen LogP contribution is 2.38. The summed E-state index contributed by atoms with van der Waals surface area (Å²) in [5, 5.41) is 0. The first-order valence-corrected chi connectivity index (χ1v) is 5.38. The summed E-state index contributed by atoms with van der Waals surface area (Å²) in [6.45, 7) is 8.81. The zero-order chi connectivity index (χ0) is 11.1. The normalized spacial score (nSPS) is 19.1. The van der Waals surface area contributed by atoms with Crippen LogP contribution in [0.3, 0.4) is 0 Å². The van der Waals surface area contributed by atoms with Gasteiger partial charge >= 0.3 is 0 Å². The summed E-state index contributed by atoms with van der Waals surface area (Å²) in [5.41, 5.74) is 0.385. The average molecular weight is 208 g/mol. The number of halogens is 1. The summed E-state index contributed by atoms with van der Waals surface area (Å²) in [4.78, 5) is 6.27. The van der Waals surface area contributed by atoms with Gasteiger partial charge in [-0.2, -0.15) is 0 Å². The summed E-state index contributed by atoms with van der Waals surface area (Å²) in [6.07, 6.45) is 1.28. The van der Waals surface area contributed by atoms with E-state index in [9.17, 15) is 4.39 Å². The smallest absolute Gasteiger partial charge is 0.141 e. The van der Waals surface area contributed by atoms with Gasteiger partial charge in [0.25, 0.3) is 0 Å². The van der Waals surface area contributed by atoms with E-state index in [1.807, 2.05) is 0 Å². The van der Waals surface area contributed by atoms with E-state index < -0.39 is 0 Å². The van der Waals surface area contributed by atoms with Crippen LogP contribution in [0.5, 0.6) is 0 Å². The van der Waals surface area contributed by atoms with E-state index in [-0.39, 0.29) is 5.82 Å². The minimum Gasteiger partial charge on any atom is -0.355 e. The molecule has 15 heavy (non-hydrogen) atoms. The Morgan fingerprint density at radius 1 is 1.40 bits per heavy atom. The third-order valence-electron chi connectivity index (χ3n) is 3.53. The number of hydrogen-bond donors (Lipinski definition) is 0. The Morgan fingerprint density at radius 2 is 2.07 bits per heavy atom. The fourth-order valence-electron chi connectivity index (χ4n) is 1.91. The van der Waals surface area contributed by atoms with Crippen LogP contribution in [0.2, 0.25) is 0 Å². The fraction of sp³-hybridized carbons (Fsp3) is 0.583. The van der Waals surface area contributed by atoms with Crippen molar-refractivity contribution in [1.29, 1.82) is 0 Å². The standard InChI is InChI=1S/C12H17FN2/c1-9(2)12(3)7-15(8-12)11-5-4-10(13)6-14-11/h4-6,9H,7-8H2,1-3H3. The number of anilines is 1. The predicted molar refractivity (Wildman–Crippen MR) is 59.4 cm³/mol. The second kappa shape index (κ2) is 3.47. The molecular weight excluding hydrogens is 191 g/mol. The van der Waals surface area contributed by atoms with Gasteiger partial charge in [0.2, 0.25) is 0 Å². The lowest BCUT2D eigenvalue weighted by atomic mass is 9.72. The van der Waals surface area contributed by atoms with Crippen LogP contribution in [0.25, 0.3) is 0 Å². The SMILES string of the molecule is CC(C)C1(C)CN(c2ccc(F)cn2)C1. The maximum absolute atomic E-state index is 12.7. The van der Waals surface area contributed by atoms with Crippen molar-refractivity contribution < 1.29 is 4.39 Å². The Labute approximate surface area is 90.1 Å². The molecule has 3 heteroatoms. The molecule has 1 aliphatic rings. The average Bonchev–Trinajstić information content (AvgIpc) is 2.14. The third-order valence-corrected chi connectivity index (χ3v) is 3.53. The summed E-state index contributed by atoms with van der Waals surface area (Å²) in [7, 11) is 0. The Bertz CT molecular complexity index is 339. The van der Waals surface area contributed by atoms with Gasteiger partial charge in [-0.3, -0.25) is 0 Å². The first-order valence-electron chi connectivity index (χ1n) is 5.38. The Kier molecular flexibility index (Phi) is 2.41. The molecule has 1 aromatic heterocycles. The maximum atomic E-state index is 12.7. The lowest BCUT2D eigenvalue weighted by Gasteiger charge is -2.51. The minimum atomic E-state index is -0.272. The van der Waals surface area contributed by atoms with Crippen molar-refractivity contribution in [2.75, 3.05) is 18.0 Å². The van der Waals surface area contributed by atoms with Gasteiger partial charge in [-0.25, -0.2) is 9.37 Å². The molecule has 1 fully saturated rings. The van der Waals surface area contributed by atoms with Gasteiger partial charge in [-0.15, -0.1) is 0 Å². The van der Waals surface area contributed by atoms with Gasteiger partial charge < -0.3 is 4.90 Å². The molecule has 0 aromatic carbocycles. The highest BCUT2D eigenvalue weighted by atomic mass is 19.1. The van der Waals surface area contributed by atoms with Gasteiger partial charge in [-0.05, 0) is 18.1 Å². The van der Waals surface area contributed by atoms with Crippen LogP contribution >= 0.6 is 0 Å². The molecular formula is C12H17FN2. The molecule has 0 amide bonds. The van der Waals surface area contributed by atoms with E-state index in [4.69, 9.17) is 0 Å². The second-order valence-electron chi connectivity index (χ2n) is 5.00. The molecule has 0 radical (unpaired) electrons. The summed E-state index contributed by atoms with van der Waals surface area (Å²) >= 11 is 0. The molecule has 0 spiro atoms. The fourth-order valence-corrected chi connectivity index (χ4v) is 1.91. The van der Waals surface area contributed by atoms with Crippen LogP contribution in [0.1, 0.15) is 20.8 Å². The molecule has 0 N–H and O–H groups in total. The molecule has 0 bridgehead atoms. The summed E-state index contributed by atoms with van der Waals surface area (Å²) < 4.78 is 12.7. The van der Waals surface area contributed by atoms with E-state index in [0.717, 1.165) is 18.9 Å². The van der Waals surface area contributed by atoms with Crippen LogP contribution in [0, 0.1) is 17.2 Å². The van der Waals surface area contributed by atoms with Crippen LogP contribution < -0.4 is 4.90 Å². The van der Waals surface area contributed by atoms with Crippen molar-refractivity contribution in [3.63, 3.8) is 0 Å². The van der Waals surface area contributed by atoms with E-state index in [0.29, 0.717) is 11.3 Å². The topological polar surface area (TPSA) is 16.1 Å². The Balaban J connectivity index is 2.03. The van der Waals surface area contributed by atoms with Crippen molar-refractivity contribution in [2.24, 2.45) is 11.3 Å². The molecule has 2 nitrogen and oxygen atoms in total. The van der Waals surface area contributed by atoms with Gasteiger partial charge in [0.1, 0.15) is 11.6 Å². The highest BCUT2D eigenvalue weighted by molar-refractivity contribution is 5.42. The molecule has 1 saturated heterocycles. The van der Waals surface area contributed by atoms with Crippen molar-refractivity contribution in [3.8, 4) is 0 Å². The maximum Gasteiger partial charge on any atom is 0.141 e. The van der Waals surface area contributed by atoms with E-state index in [1.54, 1.807) is 6.07 Å². The molecule has 1 aliphatic heterocycles. The second-order valence-corrected chi connectivity index (χ2v) is 5.00. The quantitative estimate of drug-likeness (QED) is 0.743. The molecule has 0 atom stereocenters. The van der Waals surface area contributed by atoms with Crippen LogP contribution in [0.4, 0.5) is 10.2 Å². The number of rotatable bonds is 2. The zero-order valence-electron chi connectivity index (χ0n) is 9.50. The van der Waals surface area contributed by atoms with Crippen LogP contribution in [-0.2, 0) is 0 Å². The van der Waals surface area contributed by atoms with E-state index in [2.05, 4.69) is 30.7 Å².